The Kier molecular flexibility index (Phi) is 4.03. The van der Waals surface area contributed by atoms with E-state index in [1.807, 2.05) is 11.4 Å². The lowest BCUT2D eigenvalue weighted by atomic mass is 10.1. The molecule has 1 saturated carbocycles. The second-order valence-corrected chi connectivity index (χ2v) is 5.55. The lowest BCUT2D eigenvalue weighted by Gasteiger charge is -2.14. The number of aliphatic hydroxyl groups is 1. The van der Waals surface area contributed by atoms with E-state index in [2.05, 4.69) is 5.32 Å². The van der Waals surface area contributed by atoms with Crippen molar-refractivity contribution in [1.29, 1.82) is 0 Å². The Balaban J connectivity index is 1.70. The number of halogens is 1. The molecule has 1 fully saturated rings. The average Bonchev–Trinajstić information content (AvgIpc) is 2.77. The molecule has 2 rings (SSSR count). The van der Waals surface area contributed by atoms with Gasteiger partial charge < -0.3 is 10.4 Å². The van der Waals surface area contributed by atoms with Gasteiger partial charge in [0, 0.05) is 23.3 Å². The molecule has 0 radical (unpaired) electrons. The van der Waals surface area contributed by atoms with Crippen LogP contribution in [0.5, 0.6) is 0 Å². The van der Waals surface area contributed by atoms with Crippen molar-refractivity contribution < 1.29 is 5.11 Å². The molecule has 2 nitrogen and oxygen atoms in total. The highest BCUT2D eigenvalue weighted by Crippen LogP contribution is 2.25. The van der Waals surface area contributed by atoms with Crippen LogP contribution in [-0.4, -0.2) is 17.8 Å². The highest BCUT2D eigenvalue weighted by Gasteiger charge is 2.24. The molecule has 0 amide bonds. The molecule has 15 heavy (non-hydrogen) atoms. The van der Waals surface area contributed by atoms with Crippen molar-refractivity contribution in [2.24, 2.45) is 5.92 Å². The van der Waals surface area contributed by atoms with Crippen LogP contribution in [0, 0.1) is 5.92 Å². The first-order valence-electron chi connectivity index (χ1n) is 5.37. The van der Waals surface area contributed by atoms with Gasteiger partial charge in [-0.1, -0.05) is 18.0 Å². The summed E-state index contributed by atoms with van der Waals surface area (Å²) in [4.78, 5) is 1.26. The smallest absolute Gasteiger partial charge is 0.0580 e. The average molecular weight is 246 g/mol. The van der Waals surface area contributed by atoms with Gasteiger partial charge in [0.15, 0.2) is 0 Å². The highest BCUT2D eigenvalue weighted by molar-refractivity contribution is 7.10. The van der Waals surface area contributed by atoms with Crippen LogP contribution in [0.15, 0.2) is 11.4 Å². The van der Waals surface area contributed by atoms with Crippen LogP contribution in [-0.2, 0) is 6.54 Å². The fourth-order valence-electron chi connectivity index (χ4n) is 2.08. The van der Waals surface area contributed by atoms with E-state index in [9.17, 15) is 5.11 Å². The van der Waals surface area contributed by atoms with Crippen LogP contribution in [0.25, 0.3) is 0 Å². The van der Waals surface area contributed by atoms with E-state index in [0.29, 0.717) is 5.92 Å². The van der Waals surface area contributed by atoms with Gasteiger partial charge in [-0.25, -0.2) is 0 Å². The monoisotopic (exact) mass is 245 g/mol. The summed E-state index contributed by atoms with van der Waals surface area (Å²) in [7, 11) is 0. The normalized spacial score (nSPS) is 26.0. The van der Waals surface area contributed by atoms with Gasteiger partial charge >= 0.3 is 0 Å². The number of rotatable bonds is 4. The number of thiophene rings is 1. The minimum absolute atomic E-state index is 0.0931. The molecule has 1 aromatic rings. The zero-order valence-corrected chi connectivity index (χ0v) is 10.2. The summed E-state index contributed by atoms with van der Waals surface area (Å²) in [5.41, 5.74) is 0. The van der Waals surface area contributed by atoms with Gasteiger partial charge in [-0.3, -0.25) is 0 Å². The van der Waals surface area contributed by atoms with E-state index < -0.39 is 0 Å². The summed E-state index contributed by atoms with van der Waals surface area (Å²) in [6.45, 7) is 1.78. The molecule has 2 atom stereocenters. The van der Waals surface area contributed by atoms with Gasteiger partial charge in [0.05, 0.1) is 11.1 Å². The van der Waals surface area contributed by atoms with Crippen molar-refractivity contribution in [2.45, 2.75) is 31.9 Å². The van der Waals surface area contributed by atoms with Crippen LogP contribution in [0.1, 0.15) is 24.1 Å². The number of aliphatic hydroxyl groups excluding tert-OH is 1. The second kappa shape index (κ2) is 5.30. The SMILES string of the molecule is OC1CCCC1CNCc1cc(Cl)cs1. The van der Waals surface area contributed by atoms with E-state index in [1.54, 1.807) is 11.3 Å². The minimum atomic E-state index is -0.0931. The summed E-state index contributed by atoms with van der Waals surface area (Å²) >= 11 is 7.51. The number of hydrogen-bond donors (Lipinski definition) is 2. The highest BCUT2D eigenvalue weighted by atomic mass is 35.5. The largest absolute Gasteiger partial charge is 0.393 e. The second-order valence-electron chi connectivity index (χ2n) is 4.12. The lowest BCUT2D eigenvalue weighted by molar-refractivity contribution is 0.131. The van der Waals surface area contributed by atoms with Gasteiger partial charge in [-0.15, -0.1) is 11.3 Å². The van der Waals surface area contributed by atoms with Gasteiger partial charge in [0.1, 0.15) is 0 Å². The van der Waals surface area contributed by atoms with Crippen LogP contribution in [0.2, 0.25) is 5.02 Å². The molecule has 0 spiro atoms. The molecular formula is C11H16ClNOS. The fraction of sp³-hybridized carbons (Fsp3) is 0.636. The number of nitrogens with one attached hydrogen (secondary N) is 1. The van der Waals surface area contributed by atoms with Crippen LogP contribution in [0.3, 0.4) is 0 Å². The summed E-state index contributed by atoms with van der Waals surface area (Å²) in [6, 6.07) is 1.99. The summed E-state index contributed by atoms with van der Waals surface area (Å²) in [6.07, 6.45) is 3.19. The standard InChI is InChI=1S/C11H16ClNOS/c12-9-4-10(15-7-9)6-13-5-8-2-1-3-11(8)14/h4,7-8,11,13-14H,1-3,5-6H2. The quantitative estimate of drug-likeness (QED) is 0.855. The summed E-state index contributed by atoms with van der Waals surface area (Å²) < 4.78 is 0. The zero-order chi connectivity index (χ0) is 10.7. The molecule has 1 heterocycles. The summed E-state index contributed by atoms with van der Waals surface area (Å²) in [5, 5.41) is 15.8. The molecule has 0 saturated heterocycles. The molecule has 4 heteroatoms. The van der Waals surface area contributed by atoms with E-state index in [1.165, 1.54) is 11.3 Å². The third kappa shape index (κ3) is 3.18. The Labute approximate surface area is 99.3 Å². The molecule has 2 unspecified atom stereocenters. The minimum Gasteiger partial charge on any atom is -0.393 e. The zero-order valence-electron chi connectivity index (χ0n) is 8.58. The van der Waals surface area contributed by atoms with E-state index >= 15 is 0 Å². The molecule has 0 bridgehead atoms. The molecule has 84 valence electrons. The van der Waals surface area contributed by atoms with Crippen molar-refractivity contribution in [3.63, 3.8) is 0 Å². The predicted octanol–water partition coefficient (Wildman–Crippen LogP) is 2.65. The van der Waals surface area contributed by atoms with Crippen molar-refractivity contribution in [2.75, 3.05) is 6.54 Å². The first-order chi connectivity index (χ1) is 7.25. The molecule has 0 aromatic carbocycles. The van der Waals surface area contributed by atoms with Crippen molar-refractivity contribution >= 4 is 22.9 Å². The van der Waals surface area contributed by atoms with Gasteiger partial charge in [0.25, 0.3) is 0 Å². The van der Waals surface area contributed by atoms with Crippen molar-refractivity contribution in [3.8, 4) is 0 Å². The van der Waals surface area contributed by atoms with E-state index in [-0.39, 0.29) is 6.10 Å². The molecular weight excluding hydrogens is 230 g/mol. The maximum absolute atomic E-state index is 9.63. The Bertz CT molecular complexity index is 315. The molecule has 1 aromatic heterocycles. The van der Waals surface area contributed by atoms with E-state index in [0.717, 1.165) is 31.0 Å². The van der Waals surface area contributed by atoms with Gasteiger partial charge in [0.2, 0.25) is 0 Å². The molecule has 2 N–H and O–H groups in total. The first-order valence-corrected chi connectivity index (χ1v) is 6.63. The van der Waals surface area contributed by atoms with Gasteiger partial charge in [-0.05, 0) is 24.8 Å². The lowest BCUT2D eigenvalue weighted by Crippen LogP contribution is -2.27. The van der Waals surface area contributed by atoms with Crippen molar-refractivity contribution in [1.82, 2.24) is 5.32 Å². The third-order valence-electron chi connectivity index (χ3n) is 2.95. The maximum atomic E-state index is 9.63. The maximum Gasteiger partial charge on any atom is 0.0580 e. The van der Waals surface area contributed by atoms with Crippen LogP contribution < -0.4 is 5.32 Å². The summed E-state index contributed by atoms with van der Waals surface area (Å²) in [5.74, 6) is 0.445. The van der Waals surface area contributed by atoms with Crippen LogP contribution >= 0.6 is 22.9 Å². The van der Waals surface area contributed by atoms with Crippen LogP contribution in [0.4, 0.5) is 0 Å². The fourth-order valence-corrected chi connectivity index (χ4v) is 3.13. The molecule has 0 aliphatic heterocycles. The topological polar surface area (TPSA) is 32.3 Å². The Morgan fingerprint density at radius 2 is 2.40 bits per heavy atom. The third-order valence-corrected chi connectivity index (χ3v) is 4.23. The predicted molar refractivity (Wildman–Crippen MR) is 64.4 cm³/mol. The Hall–Kier alpha value is -0.0900. The number of hydrogen-bond acceptors (Lipinski definition) is 3. The first kappa shape index (κ1) is 11.4. The molecule has 1 aliphatic carbocycles. The van der Waals surface area contributed by atoms with Crippen molar-refractivity contribution in [3.05, 3.63) is 21.3 Å². The Morgan fingerprint density at radius 3 is 3.00 bits per heavy atom. The van der Waals surface area contributed by atoms with Gasteiger partial charge in [-0.2, -0.15) is 0 Å². The van der Waals surface area contributed by atoms with E-state index in [4.69, 9.17) is 11.6 Å². The molecule has 1 aliphatic rings. The Morgan fingerprint density at radius 1 is 1.53 bits per heavy atom.